The van der Waals surface area contributed by atoms with Crippen molar-refractivity contribution in [1.29, 1.82) is 0 Å². The molecular weight excluding hydrogens is 342 g/mol. The molecule has 6 heteroatoms. The Hall–Kier alpha value is -2.66. The van der Waals surface area contributed by atoms with E-state index >= 15 is 0 Å². The second-order valence-corrected chi connectivity index (χ2v) is 5.76. The van der Waals surface area contributed by atoms with Crippen LogP contribution in [0.5, 0.6) is 17.6 Å². The number of oxazole rings is 1. The van der Waals surface area contributed by atoms with Crippen LogP contribution in [-0.4, -0.2) is 17.7 Å². The van der Waals surface area contributed by atoms with Crippen LogP contribution in [-0.2, 0) is 4.74 Å². The van der Waals surface area contributed by atoms with Gasteiger partial charge in [0.2, 0.25) is 0 Å². The van der Waals surface area contributed by atoms with Crippen LogP contribution < -0.4 is 9.47 Å². The Kier molecular flexibility index (Phi) is 5.14. The Labute approximate surface area is 150 Å². The molecule has 25 heavy (non-hydrogen) atoms. The number of rotatable bonds is 7. The van der Waals surface area contributed by atoms with Crippen LogP contribution >= 0.6 is 11.6 Å². The maximum Gasteiger partial charge on any atom is 0.400 e. The smallest absolute Gasteiger partial charge is 0.400 e. The van der Waals surface area contributed by atoms with Crippen molar-refractivity contribution in [3.8, 4) is 17.6 Å². The van der Waals surface area contributed by atoms with E-state index in [9.17, 15) is 0 Å². The van der Waals surface area contributed by atoms with E-state index in [2.05, 4.69) is 11.6 Å². The van der Waals surface area contributed by atoms with Crippen LogP contribution in [0.25, 0.3) is 11.1 Å². The number of hydrogen-bond donors (Lipinski definition) is 0. The zero-order valence-corrected chi connectivity index (χ0v) is 14.7. The molecule has 0 N–H and O–H groups in total. The molecule has 0 bridgehead atoms. The van der Waals surface area contributed by atoms with Crippen LogP contribution in [0.3, 0.4) is 0 Å². The molecule has 3 aromatic rings. The monoisotopic (exact) mass is 359 g/mol. The quantitative estimate of drug-likeness (QED) is 0.514. The molecule has 2 aromatic carbocycles. The lowest BCUT2D eigenvalue weighted by atomic mass is 10.3. The first kappa shape index (κ1) is 17.2. The molecule has 0 aliphatic carbocycles. The molecule has 0 fully saturated rings. The Morgan fingerprint density at radius 3 is 2.64 bits per heavy atom. The van der Waals surface area contributed by atoms with Gasteiger partial charge in [-0.15, -0.1) is 0 Å². The summed E-state index contributed by atoms with van der Waals surface area (Å²) in [6.45, 7) is 8.19. The third-order valence-electron chi connectivity index (χ3n) is 3.46. The van der Waals surface area contributed by atoms with Gasteiger partial charge in [-0.25, -0.2) is 0 Å². The van der Waals surface area contributed by atoms with Gasteiger partial charge in [0.25, 0.3) is 0 Å². The van der Waals surface area contributed by atoms with Crippen molar-refractivity contribution in [2.75, 3.05) is 6.61 Å². The summed E-state index contributed by atoms with van der Waals surface area (Å²) in [7, 11) is 0. The fraction of sp³-hybridized carbons (Fsp3) is 0.211. The summed E-state index contributed by atoms with van der Waals surface area (Å²) in [6.07, 6.45) is -0.0856. The van der Waals surface area contributed by atoms with Gasteiger partial charge in [0.05, 0.1) is 6.61 Å². The summed E-state index contributed by atoms with van der Waals surface area (Å²) >= 11 is 5.93. The molecule has 0 aliphatic rings. The van der Waals surface area contributed by atoms with Crippen molar-refractivity contribution >= 4 is 22.7 Å². The molecule has 1 aromatic heterocycles. The molecule has 0 saturated carbocycles. The third kappa shape index (κ3) is 4.25. The summed E-state index contributed by atoms with van der Waals surface area (Å²) in [5.74, 6) is 1.86. The molecule has 1 heterocycles. The lowest BCUT2D eigenvalue weighted by Crippen LogP contribution is -2.16. The van der Waals surface area contributed by atoms with Crippen LogP contribution in [0.2, 0.25) is 5.02 Å². The van der Waals surface area contributed by atoms with Crippen LogP contribution in [0, 0.1) is 0 Å². The van der Waals surface area contributed by atoms with E-state index in [0.29, 0.717) is 40.0 Å². The summed E-state index contributed by atoms with van der Waals surface area (Å²) in [4.78, 5) is 4.26. The second kappa shape index (κ2) is 7.49. The highest BCUT2D eigenvalue weighted by atomic mass is 35.5. The number of nitrogens with zero attached hydrogens (tertiary/aromatic N) is 1. The van der Waals surface area contributed by atoms with Crippen molar-refractivity contribution in [2.24, 2.45) is 0 Å². The summed E-state index contributed by atoms with van der Waals surface area (Å²) < 4.78 is 22.3. The minimum atomic E-state index is -0.242. The van der Waals surface area contributed by atoms with E-state index in [1.165, 1.54) is 0 Å². The fourth-order valence-corrected chi connectivity index (χ4v) is 2.34. The summed E-state index contributed by atoms with van der Waals surface area (Å²) in [5.41, 5.74) is 1.26. The largest absolute Gasteiger partial charge is 0.495 e. The molecule has 0 aliphatic heterocycles. The molecule has 0 radical (unpaired) electrons. The lowest BCUT2D eigenvalue weighted by Gasteiger charge is -2.17. The van der Waals surface area contributed by atoms with Crippen LogP contribution in [0.15, 0.2) is 59.2 Å². The summed E-state index contributed by atoms with van der Waals surface area (Å²) in [6, 6.07) is 12.4. The van der Waals surface area contributed by atoms with E-state index in [1.54, 1.807) is 42.5 Å². The maximum absolute atomic E-state index is 5.93. The van der Waals surface area contributed by atoms with Gasteiger partial charge < -0.3 is 18.6 Å². The molecule has 3 rings (SSSR count). The highest BCUT2D eigenvalue weighted by molar-refractivity contribution is 6.31. The molecular formula is C19H18ClNO4. The Morgan fingerprint density at radius 1 is 1.20 bits per heavy atom. The van der Waals surface area contributed by atoms with Crippen molar-refractivity contribution in [3.63, 3.8) is 0 Å². The van der Waals surface area contributed by atoms with Crippen LogP contribution in [0.1, 0.15) is 13.8 Å². The van der Waals surface area contributed by atoms with E-state index in [0.717, 1.165) is 0 Å². The SMILES string of the molecule is C=C(OCC)C(C)Oc1ccc(Oc2nc3ccc(Cl)cc3o2)cc1. The first-order valence-corrected chi connectivity index (χ1v) is 8.25. The van der Waals surface area contributed by atoms with E-state index in [4.69, 9.17) is 30.2 Å². The zero-order chi connectivity index (χ0) is 17.8. The van der Waals surface area contributed by atoms with Gasteiger partial charge in [-0.3, -0.25) is 0 Å². The number of ether oxygens (including phenoxy) is 3. The van der Waals surface area contributed by atoms with Gasteiger partial charge in [-0.1, -0.05) is 18.2 Å². The average molecular weight is 360 g/mol. The Balaban J connectivity index is 1.66. The number of aromatic nitrogens is 1. The average Bonchev–Trinajstić information content (AvgIpc) is 2.98. The van der Waals surface area contributed by atoms with E-state index in [-0.39, 0.29) is 12.2 Å². The van der Waals surface area contributed by atoms with Crippen molar-refractivity contribution < 1.29 is 18.6 Å². The first-order chi connectivity index (χ1) is 12.0. The number of halogens is 1. The van der Waals surface area contributed by atoms with E-state index in [1.807, 2.05) is 13.8 Å². The predicted molar refractivity (Wildman–Crippen MR) is 96.4 cm³/mol. The topological polar surface area (TPSA) is 53.7 Å². The predicted octanol–water partition coefficient (Wildman–Crippen LogP) is 5.59. The second-order valence-electron chi connectivity index (χ2n) is 5.32. The van der Waals surface area contributed by atoms with Gasteiger partial charge in [0, 0.05) is 11.1 Å². The lowest BCUT2D eigenvalue weighted by molar-refractivity contribution is 0.135. The highest BCUT2D eigenvalue weighted by Crippen LogP contribution is 2.28. The zero-order valence-electron chi connectivity index (χ0n) is 14.0. The molecule has 0 saturated heterocycles. The van der Waals surface area contributed by atoms with E-state index < -0.39 is 0 Å². The Morgan fingerprint density at radius 2 is 1.92 bits per heavy atom. The molecule has 0 spiro atoms. The van der Waals surface area contributed by atoms with Crippen LogP contribution in [0.4, 0.5) is 0 Å². The normalized spacial score (nSPS) is 12.0. The van der Waals surface area contributed by atoms with Gasteiger partial charge in [0.1, 0.15) is 22.8 Å². The molecule has 5 nitrogen and oxygen atoms in total. The van der Waals surface area contributed by atoms with Gasteiger partial charge >= 0.3 is 6.08 Å². The van der Waals surface area contributed by atoms with Crippen molar-refractivity contribution in [2.45, 2.75) is 20.0 Å². The molecule has 130 valence electrons. The number of fused-ring (bicyclic) bond motifs is 1. The van der Waals surface area contributed by atoms with Gasteiger partial charge in [-0.05, 0) is 50.2 Å². The Bertz CT molecular complexity index is 873. The molecule has 0 amide bonds. The van der Waals surface area contributed by atoms with Crippen molar-refractivity contribution in [3.05, 3.63) is 59.8 Å². The first-order valence-electron chi connectivity index (χ1n) is 7.87. The van der Waals surface area contributed by atoms with Gasteiger partial charge in [-0.2, -0.15) is 4.98 Å². The minimum Gasteiger partial charge on any atom is -0.495 e. The standard InChI is InChI=1S/C19H18ClNO4/c1-4-22-12(2)13(3)23-15-6-8-16(9-7-15)24-19-21-17-10-5-14(20)11-18(17)25-19/h5-11,13H,2,4H2,1,3H3. The van der Waals surface area contributed by atoms with Crippen molar-refractivity contribution in [1.82, 2.24) is 4.98 Å². The minimum absolute atomic E-state index is 0.157. The molecule has 1 unspecified atom stereocenters. The van der Waals surface area contributed by atoms with Gasteiger partial charge in [0.15, 0.2) is 11.7 Å². The fourth-order valence-electron chi connectivity index (χ4n) is 2.18. The number of hydrogen-bond acceptors (Lipinski definition) is 5. The number of benzene rings is 2. The molecule has 1 atom stereocenters. The maximum atomic E-state index is 5.93. The third-order valence-corrected chi connectivity index (χ3v) is 3.69. The summed E-state index contributed by atoms with van der Waals surface area (Å²) in [5, 5.41) is 0.583. The highest BCUT2D eigenvalue weighted by Gasteiger charge is 2.11.